The summed E-state index contributed by atoms with van der Waals surface area (Å²) in [5.41, 5.74) is 0.668. The second-order valence-electron chi connectivity index (χ2n) is 5.86. The van der Waals surface area contributed by atoms with Crippen molar-refractivity contribution in [2.75, 3.05) is 22.5 Å². The Morgan fingerprint density at radius 3 is 2.57 bits per heavy atom. The van der Waals surface area contributed by atoms with E-state index in [9.17, 15) is 22.8 Å². The molecule has 0 atom stereocenters. The van der Waals surface area contributed by atoms with Crippen LogP contribution in [0.25, 0.3) is 10.2 Å². The molecule has 3 aromatic rings. The van der Waals surface area contributed by atoms with Crippen LogP contribution in [-0.4, -0.2) is 23.3 Å². The molecule has 0 saturated carbocycles. The number of hydrogen-bond acceptors (Lipinski definition) is 5. The van der Waals surface area contributed by atoms with Gasteiger partial charge in [-0.3, -0.25) is 9.59 Å². The molecule has 1 heterocycles. The zero-order valence-electron chi connectivity index (χ0n) is 14.6. The van der Waals surface area contributed by atoms with E-state index in [0.717, 1.165) is 16.8 Å². The summed E-state index contributed by atoms with van der Waals surface area (Å²) >= 11 is 1.22. The van der Waals surface area contributed by atoms with E-state index in [1.165, 1.54) is 30.4 Å². The van der Waals surface area contributed by atoms with Crippen molar-refractivity contribution in [2.24, 2.45) is 0 Å². The van der Waals surface area contributed by atoms with E-state index in [4.69, 9.17) is 0 Å². The largest absolute Gasteiger partial charge is 0.416 e. The van der Waals surface area contributed by atoms with E-state index in [-0.39, 0.29) is 18.1 Å². The van der Waals surface area contributed by atoms with Crippen LogP contribution in [0, 0.1) is 0 Å². The van der Waals surface area contributed by atoms with E-state index in [0.29, 0.717) is 16.3 Å². The Morgan fingerprint density at radius 2 is 1.86 bits per heavy atom. The average Bonchev–Trinajstić information content (AvgIpc) is 3.00. The quantitative estimate of drug-likeness (QED) is 0.587. The number of halogens is 3. The van der Waals surface area contributed by atoms with Gasteiger partial charge in [-0.05, 0) is 36.4 Å². The van der Waals surface area contributed by atoms with Gasteiger partial charge in [0, 0.05) is 18.3 Å². The zero-order chi connectivity index (χ0) is 20.3. The van der Waals surface area contributed by atoms with Gasteiger partial charge in [-0.15, -0.1) is 0 Å². The monoisotopic (exact) mass is 408 g/mol. The van der Waals surface area contributed by atoms with Crippen molar-refractivity contribution in [3.63, 3.8) is 0 Å². The lowest BCUT2D eigenvalue weighted by atomic mass is 10.2. The summed E-state index contributed by atoms with van der Waals surface area (Å²) in [5.74, 6) is -0.642. The molecule has 0 aliphatic rings. The summed E-state index contributed by atoms with van der Waals surface area (Å²) in [6.07, 6.45) is -4.45. The van der Waals surface area contributed by atoms with Crippen LogP contribution in [0.15, 0.2) is 42.5 Å². The Morgan fingerprint density at radius 1 is 1.07 bits per heavy atom. The highest BCUT2D eigenvalue weighted by atomic mass is 32.1. The normalized spacial score (nSPS) is 11.3. The van der Waals surface area contributed by atoms with E-state index < -0.39 is 17.6 Å². The van der Waals surface area contributed by atoms with Gasteiger partial charge in [0.05, 0.1) is 22.3 Å². The van der Waals surface area contributed by atoms with E-state index in [1.54, 1.807) is 18.2 Å². The maximum atomic E-state index is 12.7. The molecule has 0 spiro atoms. The van der Waals surface area contributed by atoms with E-state index >= 15 is 0 Å². The first-order chi connectivity index (χ1) is 13.2. The predicted octanol–water partition coefficient (Wildman–Crippen LogP) is 4.32. The molecule has 2 aromatic carbocycles. The number of carbonyl (C=O) groups is 2. The number of nitrogens with zero attached hydrogens (tertiary/aromatic N) is 1. The summed E-state index contributed by atoms with van der Waals surface area (Å²) in [5, 5.41) is 8.28. The summed E-state index contributed by atoms with van der Waals surface area (Å²) in [7, 11) is 0. The smallest absolute Gasteiger partial charge is 0.376 e. The second kappa shape index (κ2) is 7.85. The molecule has 0 unspecified atom stereocenters. The molecule has 1 aromatic heterocycles. The van der Waals surface area contributed by atoms with E-state index in [1.807, 2.05) is 0 Å². The van der Waals surface area contributed by atoms with Crippen molar-refractivity contribution in [3.8, 4) is 0 Å². The number of fused-ring (bicyclic) bond motifs is 1. The molecule has 0 aliphatic heterocycles. The number of benzene rings is 2. The molecule has 3 rings (SSSR count). The van der Waals surface area contributed by atoms with Crippen LogP contribution >= 0.6 is 11.3 Å². The van der Waals surface area contributed by atoms with Crippen molar-refractivity contribution in [1.29, 1.82) is 0 Å². The lowest BCUT2D eigenvalue weighted by Gasteiger charge is -2.10. The van der Waals surface area contributed by atoms with Gasteiger partial charge in [-0.2, -0.15) is 13.2 Å². The van der Waals surface area contributed by atoms with Gasteiger partial charge in [0.1, 0.15) is 0 Å². The fourth-order valence-electron chi connectivity index (χ4n) is 2.41. The number of thiazole rings is 1. The molecule has 2 amide bonds. The minimum atomic E-state index is -4.45. The average molecular weight is 408 g/mol. The molecule has 0 saturated heterocycles. The van der Waals surface area contributed by atoms with Crippen LogP contribution in [-0.2, 0) is 15.8 Å². The zero-order valence-corrected chi connectivity index (χ0v) is 15.4. The van der Waals surface area contributed by atoms with Gasteiger partial charge in [0.2, 0.25) is 11.8 Å². The highest BCUT2D eigenvalue weighted by Crippen LogP contribution is 2.31. The maximum absolute atomic E-state index is 12.7. The van der Waals surface area contributed by atoms with Crippen LogP contribution in [0.1, 0.15) is 12.5 Å². The van der Waals surface area contributed by atoms with Crippen molar-refractivity contribution in [3.05, 3.63) is 48.0 Å². The number of anilines is 3. The molecular weight excluding hydrogens is 393 g/mol. The third-order valence-electron chi connectivity index (χ3n) is 3.60. The third-order valence-corrected chi connectivity index (χ3v) is 4.53. The number of amides is 2. The minimum Gasteiger partial charge on any atom is -0.376 e. The topological polar surface area (TPSA) is 83.1 Å². The molecular formula is C18H15F3N4O2S. The fourth-order valence-corrected chi connectivity index (χ4v) is 3.33. The Kier molecular flexibility index (Phi) is 5.50. The molecule has 0 bridgehead atoms. The molecule has 0 radical (unpaired) electrons. The molecule has 0 fully saturated rings. The predicted molar refractivity (Wildman–Crippen MR) is 102 cm³/mol. The van der Waals surface area contributed by atoms with Gasteiger partial charge in [0.25, 0.3) is 0 Å². The van der Waals surface area contributed by atoms with Gasteiger partial charge in [-0.25, -0.2) is 4.98 Å². The fraction of sp³-hybridized carbons (Fsp3) is 0.167. The number of carbonyl (C=O) groups excluding carboxylic acids is 2. The van der Waals surface area contributed by atoms with Gasteiger partial charge >= 0.3 is 6.18 Å². The Labute approximate surface area is 161 Å². The van der Waals surface area contributed by atoms with Gasteiger partial charge in [0.15, 0.2) is 5.13 Å². The van der Waals surface area contributed by atoms with Crippen LogP contribution in [0.4, 0.5) is 29.7 Å². The molecule has 10 heteroatoms. The summed E-state index contributed by atoms with van der Waals surface area (Å²) in [6, 6.07) is 9.77. The summed E-state index contributed by atoms with van der Waals surface area (Å²) < 4.78 is 38.9. The Balaban J connectivity index is 1.62. The molecule has 0 aliphatic carbocycles. The van der Waals surface area contributed by atoms with Crippen LogP contribution in [0.2, 0.25) is 0 Å². The SMILES string of the molecule is CC(=O)Nc1ccc2nc(NC(=O)CNc3cccc(C(F)(F)F)c3)sc2c1. The number of nitrogens with one attached hydrogen (secondary N) is 3. The number of aromatic nitrogens is 1. The van der Waals surface area contributed by atoms with Crippen molar-refractivity contribution in [2.45, 2.75) is 13.1 Å². The summed E-state index contributed by atoms with van der Waals surface area (Å²) in [4.78, 5) is 27.5. The second-order valence-corrected chi connectivity index (χ2v) is 6.89. The Hall–Kier alpha value is -3.14. The lowest BCUT2D eigenvalue weighted by Crippen LogP contribution is -2.21. The van der Waals surface area contributed by atoms with Gasteiger partial charge < -0.3 is 16.0 Å². The molecule has 28 heavy (non-hydrogen) atoms. The highest BCUT2D eigenvalue weighted by Gasteiger charge is 2.30. The van der Waals surface area contributed by atoms with Crippen LogP contribution in [0.5, 0.6) is 0 Å². The standard InChI is InChI=1S/C18H15F3N4O2S/c1-10(26)23-13-5-6-14-15(8-13)28-17(24-14)25-16(27)9-22-12-4-2-3-11(7-12)18(19,20)21/h2-8,22H,9H2,1H3,(H,23,26)(H,24,25,27). The maximum Gasteiger partial charge on any atom is 0.416 e. The van der Waals surface area contributed by atoms with Crippen molar-refractivity contribution >= 4 is 49.9 Å². The third kappa shape index (κ3) is 4.97. The first-order valence-corrected chi connectivity index (χ1v) is 8.91. The number of hydrogen-bond donors (Lipinski definition) is 3. The highest BCUT2D eigenvalue weighted by molar-refractivity contribution is 7.22. The minimum absolute atomic E-state index is 0.189. The van der Waals surface area contributed by atoms with Crippen molar-refractivity contribution < 1.29 is 22.8 Å². The Bertz CT molecular complexity index is 1030. The summed E-state index contributed by atoms with van der Waals surface area (Å²) in [6.45, 7) is 1.19. The first-order valence-electron chi connectivity index (χ1n) is 8.10. The van der Waals surface area contributed by atoms with Crippen molar-refractivity contribution in [1.82, 2.24) is 4.98 Å². The van der Waals surface area contributed by atoms with Crippen LogP contribution < -0.4 is 16.0 Å². The number of rotatable bonds is 5. The molecule has 6 nitrogen and oxygen atoms in total. The molecule has 3 N–H and O–H groups in total. The van der Waals surface area contributed by atoms with Gasteiger partial charge in [-0.1, -0.05) is 17.4 Å². The van der Waals surface area contributed by atoms with E-state index in [2.05, 4.69) is 20.9 Å². The first kappa shape index (κ1) is 19.6. The molecule has 146 valence electrons. The lowest BCUT2D eigenvalue weighted by molar-refractivity contribution is -0.137. The van der Waals surface area contributed by atoms with Crippen LogP contribution in [0.3, 0.4) is 0 Å². The number of alkyl halides is 3.